The van der Waals surface area contributed by atoms with Crippen molar-refractivity contribution in [3.63, 3.8) is 0 Å². The minimum absolute atomic E-state index is 0.664. The van der Waals surface area contributed by atoms with Crippen LogP contribution in [0.5, 0.6) is 0 Å². The molecule has 2 atom stereocenters. The summed E-state index contributed by atoms with van der Waals surface area (Å²) in [4.78, 5) is 2.46. The van der Waals surface area contributed by atoms with Crippen molar-refractivity contribution in [1.82, 2.24) is 4.90 Å². The van der Waals surface area contributed by atoms with Crippen molar-refractivity contribution in [1.29, 1.82) is 0 Å². The van der Waals surface area contributed by atoms with Crippen molar-refractivity contribution < 1.29 is 4.18 Å². The lowest BCUT2D eigenvalue weighted by Crippen LogP contribution is -2.01. The van der Waals surface area contributed by atoms with Gasteiger partial charge in [-0.3, -0.25) is 4.90 Å². The van der Waals surface area contributed by atoms with Crippen LogP contribution in [0.15, 0.2) is 0 Å². The van der Waals surface area contributed by atoms with E-state index in [1.165, 1.54) is 38.8 Å². The van der Waals surface area contributed by atoms with E-state index >= 15 is 0 Å². The highest BCUT2D eigenvalue weighted by Crippen LogP contribution is 2.29. The third kappa shape index (κ3) is 3.78. The van der Waals surface area contributed by atoms with Crippen LogP contribution in [0, 0.1) is 0 Å². The quantitative estimate of drug-likeness (QED) is 0.347. The average Bonchev–Trinajstić information content (AvgIpc) is 2.79. The lowest BCUT2D eigenvalue weighted by molar-refractivity contribution is 0.468. The molecule has 1 aliphatic heterocycles. The van der Waals surface area contributed by atoms with Gasteiger partial charge in [0.1, 0.15) is 0 Å². The molecule has 0 spiro atoms. The molecule has 0 aromatic carbocycles. The Morgan fingerprint density at radius 1 is 1.42 bits per heavy atom. The molecular weight excluding hydrogens is 170 g/mol. The Balaban J connectivity index is 1.83. The average molecular weight is 189 g/mol. The first-order valence-electron chi connectivity index (χ1n) is 4.82. The molecule has 72 valence electrons. The molecule has 2 nitrogen and oxygen atoms in total. The summed E-state index contributed by atoms with van der Waals surface area (Å²) >= 11 is 1.60. The summed E-state index contributed by atoms with van der Waals surface area (Å²) in [5, 5.41) is 0.664. The number of hydrogen-bond acceptors (Lipinski definition) is 3. The van der Waals surface area contributed by atoms with E-state index in [4.69, 9.17) is 4.18 Å². The fourth-order valence-corrected chi connectivity index (χ4v) is 2.03. The van der Waals surface area contributed by atoms with Gasteiger partial charge in [-0.2, -0.15) is 0 Å². The maximum absolute atomic E-state index is 5.00. The van der Waals surface area contributed by atoms with Crippen LogP contribution >= 0.6 is 12.0 Å². The second-order valence-corrected chi connectivity index (χ2v) is 4.34. The Morgan fingerprint density at radius 3 is 2.92 bits per heavy atom. The van der Waals surface area contributed by atoms with Crippen molar-refractivity contribution in [3.05, 3.63) is 0 Å². The summed E-state index contributed by atoms with van der Waals surface area (Å²) in [6.45, 7) is 4.74. The molecule has 0 aromatic rings. The van der Waals surface area contributed by atoms with E-state index in [0.29, 0.717) is 5.37 Å². The predicted molar refractivity (Wildman–Crippen MR) is 54.1 cm³/mol. The van der Waals surface area contributed by atoms with Gasteiger partial charge < -0.3 is 4.18 Å². The molecule has 0 bridgehead atoms. The zero-order chi connectivity index (χ0) is 8.81. The maximum atomic E-state index is 5.00. The first kappa shape index (κ1) is 10.4. The third-order valence-electron chi connectivity index (χ3n) is 2.17. The van der Waals surface area contributed by atoms with E-state index in [9.17, 15) is 0 Å². The second kappa shape index (κ2) is 5.84. The van der Waals surface area contributed by atoms with Gasteiger partial charge in [0, 0.05) is 18.6 Å². The summed E-state index contributed by atoms with van der Waals surface area (Å²) in [6.07, 6.45) is 5.46. The van der Waals surface area contributed by atoms with E-state index in [2.05, 4.69) is 11.8 Å². The smallest absolute Gasteiger partial charge is 0.0953 e. The molecule has 1 unspecified atom stereocenters. The molecular formula is C9H19NOS. The van der Waals surface area contributed by atoms with Gasteiger partial charge in [0.25, 0.3) is 0 Å². The summed E-state index contributed by atoms with van der Waals surface area (Å²) < 4.78 is 5.00. The number of nitrogens with zero attached hydrogens (tertiary/aromatic N) is 1. The minimum atomic E-state index is 0.664. The van der Waals surface area contributed by atoms with Gasteiger partial charge in [-0.15, -0.1) is 0 Å². The van der Waals surface area contributed by atoms with Crippen LogP contribution in [-0.2, 0) is 4.18 Å². The van der Waals surface area contributed by atoms with Crippen LogP contribution in [0.25, 0.3) is 0 Å². The topological polar surface area (TPSA) is 12.2 Å². The molecule has 0 amide bonds. The first-order valence-corrected chi connectivity index (χ1v) is 5.62. The van der Waals surface area contributed by atoms with E-state index < -0.39 is 0 Å². The van der Waals surface area contributed by atoms with Gasteiger partial charge in [-0.25, -0.2) is 0 Å². The van der Waals surface area contributed by atoms with E-state index in [1.807, 2.05) is 0 Å². The molecule has 12 heavy (non-hydrogen) atoms. The molecule has 3 heteroatoms. The molecule has 0 N–H and O–H groups in total. The Bertz CT molecular complexity index is 121. The molecule has 1 saturated heterocycles. The lowest BCUT2D eigenvalue weighted by atomic mass is 10.2. The molecule has 0 saturated carbocycles. The largest absolute Gasteiger partial charge is 0.317 e. The monoisotopic (exact) mass is 189 g/mol. The Kier molecular flexibility index (Phi) is 5.04. The van der Waals surface area contributed by atoms with E-state index in [1.54, 1.807) is 19.2 Å². The fraction of sp³-hybridized carbons (Fsp3) is 1.00. The number of hydrogen-bond donors (Lipinski definition) is 0. The van der Waals surface area contributed by atoms with Crippen LogP contribution in [0.4, 0.5) is 0 Å². The van der Waals surface area contributed by atoms with E-state index in [0.717, 1.165) is 0 Å². The van der Waals surface area contributed by atoms with Gasteiger partial charge in [0.2, 0.25) is 0 Å². The van der Waals surface area contributed by atoms with Gasteiger partial charge in [0.05, 0.1) is 12.5 Å². The molecule has 0 aromatic heterocycles. The van der Waals surface area contributed by atoms with Crippen molar-refractivity contribution in [3.8, 4) is 0 Å². The third-order valence-corrected chi connectivity index (χ3v) is 3.03. The molecule has 1 fully saturated rings. The Hall–Kier alpha value is 0.270. The minimum Gasteiger partial charge on any atom is -0.317 e. The molecule has 0 radical (unpaired) electrons. The summed E-state index contributed by atoms with van der Waals surface area (Å²) in [6, 6.07) is 0. The highest BCUT2D eigenvalue weighted by atomic mass is 32.2. The molecule has 1 heterocycles. The van der Waals surface area contributed by atoms with Crippen molar-refractivity contribution >= 4 is 12.0 Å². The lowest BCUT2D eigenvalue weighted by Gasteiger charge is -2.01. The van der Waals surface area contributed by atoms with Crippen LogP contribution in [0.1, 0.15) is 32.6 Å². The van der Waals surface area contributed by atoms with Crippen LogP contribution in [0.3, 0.4) is 0 Å². The number of unbranched alkanes of at least 4 members (excludes halogenated alkanes) is 3. The van der Waals surface area contributed by atoms with Gasteiger partial charge >= 0.3 is 0 Å². The second-order valence-electron chi connectivity index (χ2n) is 3.27. The maximum Gasteiger partial charge on any atom is 0.0953 e. The summed E-state index contributed by atoms with van der Waals surface area (Å²) in [5.41, 5.74) is 0. The Morgan fingerprint density at radius 2 is 2.25 bits per heavy atom. The van der Waals surface area contributed by atoms with Gasteiger partial charge in [-0.1, -0.05) is 26.2 Å². The van der Waals surface area contributed by atoms with Gasteiger partial charge in [-0.05, 0) is 13.0 Å². The van der Waals surface area contributed by atoms with Gasteiger partial charge in [0.15, 0.2) is 0 Å². The summed E-state index contributed by atoms with van der Waals surface area (Å²) in [5.74, 6) is 0. The highest BCUT2D eigenvalue weighted by molar-refractivity contribution is 7.95. The molecule has 1 aliphatic rings. The molecule has 1 rings (SSSR count). The Labute approximate surface area is 79.9 Å². The number of rotatable bonds is 7. The zero-order valence-corrected chi connectivity index (χ0v) is 8.90. The predicted octanol–water partition coefficient (Wildman–Crippen LogP) is 2.50. The standard InChI is InChI=1S/C9H19NOS/c1-3-4-5-6-7-10-8-9(10)12-11-2/h9H,3-8H2,1-2H3/t9-,10?/m1/s1. The van der Waals surface area contributed by atoms with Crippen molar-refractivity contribution in [2.24, 2.45) is 0 Å². The molecule has 0 aliphatic carbocycles. The highest BCUT2D eigenvalue weighted by Gasteiger charge is 2.33. The van der Waals surface area contributed by atoms with Crippen LogP contribution in [0.2, 0.25) is 0 Å². The van der Waals surface area contributed by atoms with Crippen LogP contribution < -0.4 is 0 Å². The zero-order valence-electron chi connectivity index (χ0n) is 8.08. The SMILES string of the molecule is CCCCCCN1C[C@H]1SOC. The van der Waals surface area contributed by atoms with Crippen molar-refractivity contribution in [2.45, 2.75) is 38.0 Å². The van der Waals surface area contributed by atoms with Crippen LogP contribution in [-0.4, -0.2) is 30.5 Å². The summed E-state index contributed by atoms with van der Waals surface area (Å²) in [7, 11) is 1.75. The normalized spacial score (nSPS) is 27.5. The fourth-order valence-electron chi connectivity index (χ4n) is 1.33. The van der Waals surface area contributed by atoms with E-state index in [-0.39, 0.29) is 0 Å². The van der Waals surface area contributed by atoms with Crippen molar-refractivity contribution in [2.75, 3.05) is 20.2 Å². The first-order chi connectivity index (χ1) is 5.88.